The van der Waals surface area contributed by atoms with Crippen molar-refractivity contribution in [3.63, 3.8) is 0 Å². The minimum atomic E-state index is 0. The molecule has 0 aromatic heterocycles. The Balaban J connectivity index is 0.00000162. The van der Waals surface area contributed by atoms with Crippen molar-refractivity contribution in [2.24, 2.45) is 22.5 Å². The van der Waals surface area contributed by atoms with E-state index >= 15 is 0 Å². The minimum Gasteiger partial charge on any atom is -0.353 e. The Morgan fingerprint density at radius 2 is 2.06 bits per heavy atom. The molecule has 1 amide bonds. The van der Waals surface area contributed by atoms with Gasteiger partial charge in [0.15, 0.2) is 0 Å². The fourth-order valence-corrected chi connectivity index (χ4v) is 3.95. The Morgan fingerprint density at radius 1 is 1.39 bits per heavy atom. The van der Waals surface area contributed by atoms with E-state index in [1.807, 2.05) is 0 Å². The Bertz CT molecular complexity index is 319. The van der Waals surface area contributed by atoms with E-state index in [0.29, 0.717) is 24.4 Å². The summed E-state index contributed by atoms with van der Waals surface area (Å²) < 4.78 is 0. The molecule has 0 radical (unpaired) electrons. The molecule has 0 aromatic carbocycles. The molecule has 2 saturated carbocycles. The minimum absolute atomic E-state index is 0. The molecule has 3 atom stereocenters. The third kappa shape index (κ3) is 2.27. The van der Waals surface area contributed by atoms with Crippen molar-refractivity contribution in [1.82, 2.24) is 5.32 Å². The largest absolute Gasteiger partial charge is 0.353 e. The lowest BCUT2D eigenvalue weighted by molar-refractivity contribution is -0.122. The third-order valence-electron chi connectivity index (χ3n) is 5.74. The van der Waals surface area contributed by atoms with Crippen molar-refractivity contribution in [3.05, 3.63) is 0 Å². The standard InChI is InChI=1S/C14H26N2O.ClH/c1-13(2)10-6-7-14(13,3)11(9-10)16-12(17)5-4-8-15;/h10-11H,4-9,15H2,1-3H3,(H,16,17);1H. The van der Waals surface area contributed by atoms with Gasteiger partial charge >= 0.3 is 0 Å². The van der Waals surface area contributed by atoms with E-state index in [-0.39, 0.29) is 23.7 Å². The van der Waals surface area contributed by atoms with Gasteiger partial charge in [-0.1, -0.05) is 20.8 Å². The van der Waals surface area contributed by atoms with Gasteiger partial charge < -0.3 is 11.1 Å². The molecule has 4 heteroatoms. The lowest BCUT2D eigenvalue weighted by Gasteiger charge is -2.39. The summed E-state index contributed by atoms with van der Waals surface area (Å²) in [6.07, 6.45) is 5.12. The van der Waals surface area contributed by atoms with Gasteiger partial charge in [-0.2, -0.15) is 0 Å². The van der Waals surface area contributed by atoms with Gasteiger partial charge in [0.2, 0.25) is 5.91 Å². The van der Waals surface area contributed by atoms with Crippen LogP contribution in [-0.2, 0) is 4.79 Å². The normalized spacial score (nSPS) is 36.2. The van der Waals surface area contributed by atoms with E-state index in [4.69, 9.17) is 5.73 Å². The van der Waals surface area contributed by atoms with E-state index in [9.17, 15) is 4.79 Å². The molecular weight excluding hydrogens is 248 g/mol. The number of carbonyl (C=O) groups is 1. The molecule has 0 aliphatic heterocycles. The molecule has 0 heterocycles. The predicted octanol–water partition coefficient (Wildman–Crippen LogP) is 2.48. The molecule has 2 fully saturated rings. The van der Waals surface area contributed by atoms with Gasteiger partial charge in [-0.25, -0.2) is 0 Å². The average molecular weight is 275 g/mol. The Kier molecular flexibility index (Phi) is 4.71. The molecule has 0 saturated heterocycles. The quantitative estimate of drug-likeness (QED) is 0.828. The summed E-state index contributed by atoms with van der Waals surface area (Å²) >= 11 is 0. The lowest BCUT2D eigenvalue weighted by atomic mass is 9.69. The first-order chi connectivity index (χ1) is 7.91. The van der Waals surface area contributed by atoms with Crippen LogP contribution >= 0.6 is 12.4 Å². The number of fused-ring (bicyclic) bond motifs is 2. The zero-order chi connectivity index (χ0) is 12.7. The smallest absolute Gasteiger partial charge is 0.220 e. The lowest BCUT2D eigenvalue weighted by Crippen LogP contribution is -2.46. The average Bonchev–Trinajstić information content (AvgIpc) is 2.59. The SMILES string of the molecule is CC1(C)C2CCC1(C)C(NC(=O)CCCN)C2.Cl. The summed E-state index contributed by atoms with van der Waals surface area (Å²) in [5.41, 5.74) is 6.10. The van der Waals surface area contributed by atoms with E-state index < -0.39 is 0 Å². The number of rotatable bonds is 4. The van der Waals surface area contributed by atoms with Crippen molar-refractivity contribution in [2.75, 3.05) is 6.54 Å². The Hall–Kier alpha value is -0.280. The summed E-state index contributed by atoms with van der Waals surface area (Å²) in [5, 5.41) is 3.25. The second-order valence-electron chi connectivity index (χ2n) is 6.62. The van der Waals surface area contributed by atoms with Crippen molar-refractivity contribution in [3.8, 4) is 0 Å². The Morgan fingerprint density at radius 3 is 2.50 bits per heavy atom. The van der Waals surface area contributed by atoms with Gasteiger partial charge in [-0.15, -0.1) is 12.4 Å². The van der Waals surface area contributed by atoms with Gasteiger partial charge in [-0.05, 0) is 49.0 Å². The van der Waals surface area contributed by atoms with Crippen LogP contribution in [0.2, 0.25) is 0 Å². The monoisotopic (exact) mass is 274 g/mol. The third-order valence-corrected chi connectivity index (χ3v) is 5.74. The second kappa shape index (κ2) is 5.38. The number of halogens is 1. The van der Waals surface area contributed by atoms with Crippen molar-refractivity contribution in [2.45, 2.75) is 58.9 Å². The van der Waals surface area contributed by atoms with Crippen molar-refractivity contribution < 1.29 is 4.79 Å². The highest BCUT2D eigenvalue weighted by atomic mass is 35.5. The van der Waals surface area contributed by atoms with Gasteiger partial charge in [0.1, 0.15) is 0 Å². The van der Waals surface area contributed by atoms with Crippen LogP contribution in [0.15, 0.2) is 0 Å². The Labute approximate surface area is 117 Å². The summed E-state index contributed by atoms with van der Waals surface area (Å²) in [6.45, 7) is 7.70. The molecule has 106 valence electrons. The van der Waals surface area contributed by atoms with Gasteiger partial charge in [0, 0.05) is 12.5 Å². The topological polar surface area (TPSA) is 55.1 Å². The van der Waals surface area contributed by atoms with Crippen LogP contribution in [0.25, 0.3) is 0 Å². The van der Waals surface area contributed by atoms with Crippen LogP contribution in [0.5, 0.6) is 0 Å². The zero-order valence-electron chi connectivity index (χ0n) is 11.8. The van der Waals surface area contributed by atoms with E-state index in [1.165, 1.54) is 12.8 Å². The first-order valence-corrected chi connectivity index (χ1v) is 6.91. The van der Waals surface area contributed by atoms with Crippen LogP contribution in [-0.4, -0.2) is 18.5 Å². The summed E-state index contributed by atoms with van der Waals surface area (Å²) in [5.74, 6) is 0.970. The molecule has 3 N–H and O–H groups in total. The number of carbonyl (C=O) groups excluding carboxylic acids is 1. The van der Waals surface area contributed by atoms with Crippen LogP contribution in [0.4, 0.5) is 0 Å². The summed E-state index contributed by atoms with van der Waals surface area (Å²) in [4.78, 5) is 11.8. The van der Waals surface area contributed by atoms with Crippen LogP contribution in [0, 0.1) is 16.7 Å². The van der Waals surface area contributed by atoms with Crippen molar-refractivity contribution >= 4 is 18.3 Å². The van der Waals surface area contributed by atoms with E-state index in [0.717, 1.165) is 18.8 Å². The molecule has 3 nitrogen and oxygen atoms in total. The number of hydrogen-bond acceptors (Lipinski definition) is 2. The highest BCUT2D eigenvalue weighted by Crippen LogP contribution is 2.65. The van der Waals surface area contributed by atoms with Crippen LogP contribution in [0.1, 0.15) is 52.9 Å². The van der Waals surface area contributed by atoms with Crippen LogP contribution in [0.3, 0.4) is 0 Å². The zero-order valence-corrected chi connectivity index (χ0v) is 12.6. The summed E-state index contributed by atoms with van der Waals surface area (Å²) in [6, 6.07) is 0.376. The molecule has 0 aromatic rings. The maximum absolute atomic E-state index is 11.8. The maximum Gasteiger partial charge on any atom is 0.220 e. The first kappa shape index (κ1) is 15.8. The number of hydrogen-bond donors (Lipinski definition) is 2. The molecule has 2 aliphatic rings. The van der Waals surface area contributed by atoms with Crippen LogP contribution < -0.4 is 11.1 Å². The first-order valence-electron chi connectivity index (χ1n) is 6.91. The predicted molar refractivity (Wildman–Crippen MR) is 76.7 cm³/mol. The van der Waals surface area contributed by atoms with Crippen molar-refractivity contribution in [1.29, 1.82) is 0 Å². The number of nitrogens with one attached hydrogen (secondary N) is 1. The van der Waals surface area contributed by atoms with Gasteiger partial charge in [-0.3, -0.25) is 4.79 Å². The van der Waals surface area contributed by atoms with E-state index in [1.54, 1.807) is 0 Å². The molecule has 18 heavy (non-hydrogen) atoms. The molecule has 0 spiro atoms. The molecule has 2 rings (SSSR count). The molecule has 2 aliphatic carbocycles. The summed E-state index contributed by atoms with van der Waals surface area (Å²) in [7, 11) is 0. The number of amides is 1. The van der Waals surface area contributed by atoms with E-state index in [2.05, 4.69) is 26.1 Å². The highest BCUT2D eigenvalue weighted by Gasteiger charge is 2.61. The maximum atomic E-state index is 11.8. The highest BCUT2D eigenvalue weighted by molar-refractivity contribution is 5.85. The molecule has 2 bridgehead atoms. The van der Waals surface area contributed by atoms with Gasteiger partial charge in [0.25, 0.3) is 0 Å². The fraction of sp³-hybridized carbons (Fsp3) is 0.929. The molecule has 3 unspecified atom stereocenters. The fourth-order valence-electron chi connectivity index (χ4n) is 3.95. The second-order valence-corrected chi connectivity index (χ2v) is 6.62. The molecular formula is C14H27ClN2O. The number of nitrogens with two attached hydrogens (primary N) is 1. The van der Waals surface area contributed by atoms with Gasteiger partial charge in [0.05, 0.1) is 0 Å².